The first-order chi connectivity index (χ1) is 13.7. The maximum absolute atomic E-state index is 12.3. The summed E-state index contributed by atoms with van der Waals surface area (Å²) in [6, 6.07) is 1.95. The molecule has 0 fully saturated rings. The Morgan fingerprint density at radius 1 is 1.31 bits per heavy atom. The summed E-state index contributed by atoms with van der Waals surface area (Å²) in [6.45, 7) is 7.51. The zero-order chi connectivity index (χ0) is 20.9. The molecule has 154 valence electrons. The number of aryl methyl sites for hydroxylation is 4. The Labute approximate surface area is 174 Å². The maximum atomic E-state index is 12.3. The van der Waals surface area contributed by atoms with Crippen LogP contribution in [0.5, 0.6) is 0 Å². The number of nitrogens with zero attached hydrogens (tertiary/aromatic N) is 3. The van der Waals surface area contributed by atoms with Crippen LogP contribution in [0.25, 0.3) is 21.5 Å². The fourth-order valence-electron chi connectivity index (χ4n) is 4.21. The molecule has 1 aliphatic carbocycles. The topological polar surface area (TPSA) is 77.2 Å². The van der Waals surface area contributed by atoms with Gasteiger partial charge in [0.25, 0.3) is 0 Å². The van der Waals surface area contributed by atoms with Gasteiger partial charge in [0, 0.05) is 40.3 Å². The van der Waals surface area contributed by atoms with Crippen molar-refractivity contribution in [3.8, 4) is 11.3 Å². The van der Waals surface area contributed by atoms with Crippen LogP contribution in [0.1, 0.15) is 61.4 Å². The van der Waals surface area contributed by atoms with Crippen LogP contribution < -0.4 is 0 Å². The van der Waals surface area contributed by atoms with E-state index in [1.165, 1.54) is 16.9 Å². The summed E-state index contributed by atoms with van der Waals surface area (Å²) in [4.78, 5) is 19.5. The van der Waals surface area contributed by atoms with Crippen LogP contribution >= 0.6 is 11.3 Å². The molecule has 4 rings (SSSR count). The first kappa shape index (κ1) is 20.0. The summed E-state index contributed by atoms with van der Waals surface area (Å²) in [5, 5.41) is 15.5. The van der Waals surface area contributed by atoms with Crippen molar-refractivity contribution in [1.29, 1.82) is 0 Å². The van der Waals surface area contributed by atoms with Gasteiger partial charge in [0.15, 0.2) is 6.10 Å². The Morgan fingerprint density at radius 2 is 2.03 bits per heavy atom. The molecule has 0 bridgehead atoms. The van der Waals surface area contributed by atoms with Crippen LogP contribution in [0.15, 0.2) is 12.3 Å². The molecule has 1 N–H and O–H groups in total. The fourth-order valence-corrected chi connectivity index (χ4v) is 5.53. The van der Waals surface area contributed by atoms with Crippen molar-refractivity contribution in [1.82, 2.24) is 14.8 Å². The van der Waals surface area contributed by atoms with Gasteiger partial charge in [0.2, 0.25) is 0 Å². The second-order valence-electron chi connectivity index (χ2n) is 8.67. The van der Waals surface area contributed by atoms with E-state index in [1.807, 2.05) is 40.8 Å². The van der Waals surface area contributed by atoms with E-state index >= 15 is 0 Å². The second kappa shape index (κ2) is 7.22. The highest BCUT2D eigenvalue weighted by molar-refractivity contribution is 7.19. The highest BCUT2D eigenvalue weighted by Crippen LogP contribution is 2.45. The Morgan fingerprint density at radius 3 is 2.66 bits per heavy atom. The van der Waals surface area contributed by atoms with E-state index in [1.54, 1.807) is 22.2 Å². The number of fused-ring (bicyclic) bond motifs is 3. The summed E-state index contributed by atoms with van der Waals surface area (Å²) in [6.07, 6.45) is 5.06. The minimum absolute atomic E-state index is 0.609. The summed E-state index contributed by atoms with van der Waals surface area (Å²) >= 11 is 1.74. The van der Waals surface area contributed by atoms with E-state index in [0.717, 1.165) is 40.7 Å². The van der Waals surface area contributed by atoms with Crippen LogP contribution in [0.3, 0.4) is 0 Å². The highest BCUT2D eigenvalue weighted by atomic mass is 32.1. The van der Waals surface area contributed by atoms with Crippen molar-refractivity contribution in [2.45, 2.75) is 65.1 Å². The molecule has 0 spiro atoms. The Balaban J connectivity index is 2.09. The van der Waals surface area contributed by atoms with E-state index < -0.39 is 17.7 Å². The van der Waals surface area contributed by atoms with E-state index in [9.17, 15) is 9.90 Å². The van der Waals surface area contributed by atoms with Crippen LogP contribution in [0.2, 0.25) is 0 Å². The largest absolute Gasteiger partial charge is 0.479 e. The first-order valence-corrected chi connectivity index (χ1v) is 10.8. The Kier molecular flexibility index (Phi) is 4.99. The third-order valence-corrected chi connectivity index (χ3v) is 6.55. The Bertz CT molecular complexity index is 1090. The number of aliphatic carboxylic acids is 1. The summed E-state index contributed by atoms with van der Waals surface area (Å²) in [5.41, 5.74) is 3.84. The molecule has 1 atom stereocenters. The van der Waals surface area contributed by atoms with Gasteiger partial charge < -0.3 is 9.84 Å². The molecule has 0 aromatic carbocycles. The molecule has 29 heavy (non-hydrogen) atoms. The van der Waals surface area contributed by atoms with Gasteiger partial charge in [0.05, 0.1) is 11.3 Å². The van der Waals surface area contributed by atoms with E-state index in [2.05, 4.69) is 5.10 Å². The Hall–Kier alpha value is -2.25. The predicted molar refractivity (Wildman–Crippen MR) is 114 cm³/mol. The quantitative estimate of drug-likeness (QED) is 0.663. The van der Waals surface area contributed by atoms with Crippen LogP contribution in [0.4, 0.5) is 0 Å². The van der Waals surface area contributed by atoms with Crippen LogP contribution in [0, 0.1) is 6.92 Å². The zero-order valence-corrected chi connectivity index (χ0v) is 18.4. The van der Waals surface area contributed by atoms with Gasteiger partial charge in [-0.3, -0.25) is 4.68 Å². The molecule has 6 nitrogen and oxygen atoms in total. The van der Waals surface area contributed by atoms with E-state index in [0.29, 0.717) is 11.3 Å². The number of carboxylic acid groups (broad SMARTS) is 1. The average molecular weight is 414 g/mol. The number of carboxylic acids is 1. The number of hydrogen-bond acceptors (Lipinski definition) is 5. The standard InChI is InChI=1S/C22H27N3O3S/c1-12-16(19(21(26)27)28-22(2,3)4)18(14-10-11-23-25(14)5)17-13-8-6-7-9-15(13)29-20(17)24-12/h10-11,19H,6-9H2,1-5H3,(H,26,27). The van der Waals surface area contributed by atoms with Crippen molar-refractivity contribution in [3.05, 3.63) is 34.0 Å². The second-order valence-corrected chi connectivity index (χ2v) is 9.75. The van der Waals surface area contributed by atoms with Gasteiger partial charge >= 0.3 is 5.97 Å². The number of pyridine rings is 1. The number of rotatable bonds is 4. The highest BCUT2D eigenvalue weighted by Gasteiger charge is 2.34. The lowest BCUT2D eigenvalue weighted by Gasteiger charge is -2.28. The van der Waals surface area contributed by atoms with Gasteiger partial charge in [-0.25, -0.2) is 9.78 Å². The van der Waals surface area contributed by atoms with E-state index in [4.69, 9.17) is 9.72 Å². The molecule has 0 saturated carbocycles. The third kappa shape index (κ3) is 3.57. The predicted octanol–water partition coefficient (Wildman–Crippen LogP) is 4.82. The fraction of sp³-hybridized carbons (Fsp3) is 0.500. The lowest BCUT2D eigenvalue weighted by atomic mass is 9.89. The maximum Gasteiger partial charge on any atom is 0.337 e. The monoisotopic (exact) mass is 413 g/mol. The minimum atomic E-state index is -1.10. The normalized spacial score (nSPS) is 15.5. The van der Waals surface area contributed by atoms with Gasteiger partial charge in [0.1, 0.15) is 4.83 Å². The first-order valence-electron chi connectivity index (χ1n) is 10.0. The van der Waals surface area contributed by atoms with Gasteiger partial charge in [-0.2, -0.15) is 5.10 Å². The number of thiophene rings is 1. The van der Waals surface area contributed by atoms with Gasteiger partial charge in [-0.05, 0) is 65.0 Å². The van der Waals surface area contributed by atoms with Crippen molar-refractivity contribution in [2.75, 3.05) is 0 Å². The zero-order valence-electron chi connectivity index (χ0n) is 17.6. The van der Waals surface area contributed by atoms with Crippen molar-refractivity contribution in [2.24, 2.45) is 7.05 Å². The number of aromatic nitrogens is 3. The molecule has 0 aliphatic heterocycles. The molecule has 0 amide bonds. The SMILES string of the molecule is Cc1nc2sc3c(c2c(-c2ccnn2C)c1C(OC(C)(C)C)C(=O)O)CCCC3. The summed E-state index contributed by atoms with van der Waals surface area (Å²) in [7, 11) is 1.89. The number of ether oxygens (including phenoxy) is 1. The average Bonchev–Trinajstić information content (AvgIpc) is 3.21. The van der Waals surface area contributed by atoms with E-state index in [-0.39, 0.29) is 0 Å². The molecule has 0 saturated heterocycles. The smallest absolute Gasteiger partial charge is 0.337 e. The molecule has 3 aromatic heterocycles. The molecule has 7 heteroatoms. The molecular formula is C22H27N3O3S. The summed E-state index contributed by atoms with van der Waals surface area (Å²) < 4.78 is 7.85. The molecule has 1 aliphatic rings. The molecule has 0 radical (unpaired) electrons. The van der Waals surface area contributed by atoms with Crippen LogP contribution in [-0.2, 0) is 29.4 Å². The van der Waals surface area contributed by atoms with Gasteiger partial charge in [-0.15, -0.1) is 11.3 Å². The molecular weight excluding hydrogens is 386 g/mol. The molecule has 3 aromatic rings. The summed E-state index contributed by atoms with van der Waals surface area (Å²) in [5.74, 6) is -1.00. The molecule has 3 heterocycles. The van der Waals surface area contributed by atoms with Gasteiger partial charge in [-0.1, -0.05) is 0 Å². The number of carbonyl (C=O) groups is 1. The number of hydrogen-bond donors (Lipinski definition) is 1. The van der Waals surface area contributed by atoms with Crippen molar-refractivity contribution < 1.29 is 14.6 Å². The lowest BCUT2D eigenvalue weighted by molar-refractivity contribution is -0.160. The third-order valence-electron chi connectivity index (χ3n) is 5.37. The van der Waals surface area contributed by atoms with Crippen LogP contribution in [-0.4, -0.2) is 31.4 Å². The molecule has 1 unspecified atom stereocenters. The lowest BCUT2D eigenvalue weighted by Crippen LogP contribution is -2.28. The van der Waals surface area contributed by atoms with Crippen molar-refractivity contribution >= 4 is 27.5 Å². The minimum Gasteiger partial charge on any atom is -0.479 e. The van der Waals surface area contributed by atoms with Crippen molar-refractivity contribution in [3.63, 3.8) is 0 Å².